The fourth-order valence-corrected chi connectivity index (χ4v) is 2.61. The van der Waals surface area contributed by atoms with Gasteiger partial charge in [0.1, 0.15) is 5.75 Å². The quantitative estimate of drug-likeness (QED) is 0.615. The molecule has 0 fully saturated rings. The van der Waals surface area contributed by atoms with Crippen LogP contribution in [0.1, 0.15) is 27.8 Å². The highest BCUT2D eigenvalue weighted by Gasteiger charge is 2.06. The van der Waals surface area contributed by atoms with Gasteiger partial charge in [-0.05, 0) is 18.1 Å². The van der Waals surface area contributed by atoms with Gasteiger partial charge < -0.3 is 20.1 Å². The number of aryl methyl sites for hydroxylation is 1. The van der Waals surface area contributed by atoms with E-state index >= 15 is 0 Å². The van der Waals surface area contributed by atoms with Gasteiger partial charge in [0.15, 0.2) is 0 Å². The molecule has 4 nitrogen and oxygen atoms in total. The van der Waals surface area contributed by atoms with E-state index in [-0.39, 0.29) is 19.0 Å². The van der Waals surface area contributed by atoms with E-state index in [9.17, 15) is 5.11 Å². The number of aromatic hydroxyl groups is 1. The van der Waals surface area contributed by atoms with Crippen LogP contribution < -0.4 is 0 Å². The monoisotopic (exact) mass is 366 g/mol. The van der Waals surface area contributed by atoms with Gasteiger partial charge in [-0.1, -0.05) is 78.4 Å². The van der Waals surface area contributed by atoms with Crippen LogP contribution in [-0.2, 0) is 31.2 Å². The summed E-state index contributed by atoms with van der Waals surface area (Å²) in [6.07, 6.45) is 0. The lowest BCUT2D eigenvalue weighted by molar-refractivity contribution is 0.107. The maximum Gasteiger partial charge on any atom is 0.126 e. The van der Waals surface area contributed by atoms with Gasteiger partial charge in [-0.3, -0.25) is 0 Å². The number of benzene rings is 3. The van der Waals surface area contributed by atoms with Crippen LogP contribution in [-0.4, -0.2) is 15.3 Å². The minimum atomic E-state index is -0.208. The Labute approximate surface area is 160 Å². The largest absolute Gasteiger partial charge is 0.507 e. The maximum absolute atomic E-state index is 9.39. The first-order chi connectivity index (χ1) is 13.1. The highest BCUT2D eigenvalue weighted by atomic mass is 16.5. The first-order valence-electron chi connectivity index (χ1n) is 8.82. The average molecular weight is 366 g/mol. The molecule has 0 bridgehead atoms. The molecule has 4 heteroatoms. The number of hydrogen-bond donors (Lipinski definition) is 3. The Morgan fingerprint density at radius 1 is 0.704 bits per heavy atom. The summed E-state index contributed by atoms with van der Waals surface area (Å²) in [6.45, 7) is 2.78. The summed E-state index contributed by atoms with van der Waals surface area (Å²) in [6, 6.07) is 23.8. The molecule has 0 saturated carbocycles. The van der Waals surface area contributed by atoms with E-state index in [4.69, 9.17) is 14.9 Å². The van der Waals surface area contributed by atoms with Crippen LogP contribution >= 0.6 is 0 Å². The van der Waals surface area contributed by atoms with Crippen molar-refractivity contribution in [3.05, 3.63) is 101 Å². The van der Waals surface area contributed by atoms with Gasteiger partial charge >= 0.3 is 0 Å². The van der Waals surface area contributed by atoms with Crippen molar-refractivity contribution >= 4 is 0 Å². The molecule has 0 saturated heterocycles. The van der Waals surface area contributed by atoms with Crippen LogP contribution in [0.2, 0.25) is 0 Å². The highest BCUT2D eigenvalue weighted by molar-refractivity contribution is 5.42. The summed E-state index contributed by atoms with van der Waals surface area (Å²) in [5, 5.41) is 27.0. The standard InChI is InChI=1S/C14H14O.C9H12O3/c1-3-7-13(8-4-1)11-15-12-14-9-5-2-6-10-14;1-6-2-7(4-10)9(12)8(3-6)5-11/h1-10H,11-12H2;2-3,10-12H,4-5H2,1H3. The second-order valence-electron chi connectivity index (χ2n) is 6.21. The van der Waals surface area contributed by atoms with E-state index in [0.29, 0.717) is 24.3 Å². The Kier molecular flexibility index (Phi) is 8.52. The van der Waals surface area contributed by atoms with Gasteiger partial charge in [0.25, 0.3) is 0 Å². The van der Waals surface area contributed by atoms with Gasteiger partial charge in [0.2, 0.25) is 0 Å². The van der Waals surface area contributed by atoms with Crippen molar-refractivity contribution in [2.24, 2.45) is 0 Å². The molecular formula is C23H26O4. The van der Waals surface area contributed by atoms with Gasteiger partial charge in [0.05, 0.1) is 26.4 Å². The van der Waals surface area contributed by atoms with Crippen LogP contribution in [0, 0.1) is 6.92 Å². The molecule has 0 aliphatic carbocycles. The van der Waals surface area contributed by atoms with Crippen molar-refractivity contribution in [1.82, 2.24) is 0 Å². The third-order valence-corrected chi connectivity index (χ3v) is 3.98. The number of rotatable bonds is 6. The van der Waals surface area contributed by atoms with Crippen LogP contribution in [0.5, 0.6) is 5.75 Å². The zero-order valence-corrected chi connectivity index (χ0v) is 15.5. The molecular weight excluding hydrogens is 340 g/mol. The second-order valence-corrected chi connectivity index (χ2v) is 6.21. The normalized spacial score (nSPS) is 10.2. The molecule has 0 aromatic heterocycles. The first kappa shape index (κ1) is 20.6. The van der Waals surface area contributed by atoms with Crippen molar-refractivity contribution in [2.75, 3.05) is 0 Å². The van der Waals surface area contributed by atoms with E-state index in [1.165, 1.54) is 11.1 Å². The summed E-state index contributed by atoms with van der Waals surface area (Å²) in [7, 11) is 0. The summed E-state index contributed by atoms with van der Waals surface area (Å²) in [5.74, 6) is -0.00870. The minimum absolute atomic E-state index is 0.00870. The van der Waals surface area contributed by atoms with Crippen molar-refractivity contribution in [1.29, 1.82) is 0 Å². The summed E-state index contributed by atoms with van der Waals surface area (Å²) in [5.41, 5.74) is 4.26. The molecule has 0 spiro atoms. The van der Waals surface area contributed by atoms with Crippen molar-refractivity contribution in [3.8, 4) is 5.75 Å². The molecule has 142 valence electrons. The number of ether oxygens (including phenoxy) is 1. The Balaban J connectivity index is 0.000000199. The lowest BCUT2D eigenvalue weighted by Gasteiger charge is -2.07. The fraction of sp³-hybridized carbons (Fsp3) is 0.217. The van der Waals surface area contributed by atoms with E-state index in [1.807, 2.05) is 43.3 Å². The first-order valence-corrected chi connectivity index (χ1v) is 8.82. The number of aliphatic hydroxyl groups excluding tert-OH is 2. The second kappa shape index (κ2) is 11.1. The van der Waals surface area contributed by atoms with Crippen LogP contribution in [0.3, 0.4) is 0 Å². The third-order valence-electron chi connectivity index (χ3n) is 3.98. The Morgan fingerprint density at radius 3 is 1.48 bits per heavy atom. The van der Waals surface area contributed by atoms with Crippen molar-refractivity contribution < 1.29 is 20.1 Å². The van der Waals surface area contributed by atoms with Crippen molar-refractivity contribution in [2.45, 2.75) is 33.4 Å². The SMILES string of the molecule is Cc1cc(CO)c(O)c(CO)c1.c1ccc(COCc2ccccc2)cc1. The molecule has 3 aromatic carbocycles. The molecule has 0 heterocycles. The Hall–Kier alpha value is -2.66. The molecule has 0 amide bonds. The minimum Gasteiger partial charge on any atom is -0.507 e. The number of phenols is 1. The van der Waals surface area contributed by atoms with Crippen LogP contribution in [0.4, 0.5) is 0 Å². The zero-order chi connectivity index (χ0) is 19.5. The molecule has 0 radical (unpaired) electrons. The smallest absolute Gasteiger partial charge is 0.126 e. The van der Waals surface area contributed by atoms with Gasteiger partial charge in [-0.2, -0.15) is 0 Å². The summed E-state index contributed by atoms with van der Waals surface area (Å²) in [4.78, 5) is 0. The molecule has 0 aliphatic heterocycles. The maximum atomic E-state index is 9.39. The lowest BCUT2D eigenvalue weighted by Crippen LogP contribution is -1.93. The Morgan fingerprint density at radius 2 is 1.11 bits per heavy atom. The van der Waals surface area contributed by atoms with Gasteiger partial charge in [-0.15, -0.1) is 0 Å². The van der Waals surface area contributed by atoms with E-state index in [2.05, 4.69) is 24.3 Å². The van der Waals surface area contributed by atoms with E-state index in [1.54, 1.807) is 12.1 Å². The summed E-state index contributed by atoms with van der Waals surface area (Å²) < 4.78 is 5.61. The molecule has 0 aliphatic rings. The molecule has 0 unspecified atom stereocenters. The topological polar surface area (TPSA) is 69.9 Å². The third kappa shape index (κ3) is 6.87. The molecule has 27 heavy (non-hydrogen) atoms. The molecule has 3 rings (SSSR count). The van der Waals surface area contributed by atoms with Crippen molar-refractivity contribution in [3.63, 3.8) is 0 Å². The highest BCUT2D eigenvalue weighted by Crippen LogP contribution is 2.24. The molecule has 0 atom stereocenters. The average Bonchev–Trinajstić information content (AvgIpc) is 2.71. The number of hydrogen-bond acceptors (Lipinski definition) is 4. The lowest BCUT2D eigenvalue weighted by atomic mass is 10.1. The van der Waals surface area contributed by atoms with Crippen LogP contribution in [0.25, 0.3) is 0 Å². The summed E-state index contributed by atoms with van der Waals surface area (Å²) >= 11 is 0. The van der Waals surface area contributed by atoms with Gasteiger partial charge in [-0.25, -0.2) is 0 Å². The predicted octanol–water partition coefficient (Wildman–Crippen LogP) is 4.09. The van der Waals surface area contributed by atoms with Gasteiger partial charge in [0, 0.05) is 11.1 Å². The predicted molar refractivity (Wildman–Crippen MR) is 106 cm³/mol. The zero-order valence-electron chi connectivity index (χ0n) is 15.5. The molecule has 3 N–H and O–H groups in total. The Bertz CT molecular complexity index is 737. The fourth-order valence-electron chi connectivity index (χ4n) is 2.61. The number of aliphatic hydroxyl groups is 2. The van der Waals surface area contributed by atoms with E-state index in [0.717, 1.165) is 5.56 Å². The van der Waals surface area contributed by atoms with E-state index < -0.39 is 0 Å². The molecule has 3 aromatic rings. The van der Waals surface area contributed by atoms with Crippen LogP contribution in [0.15, 0.2) is 72.8 Å².